The normalized spacial score (nSPS) is 10.1. The van der Waals surface area contributed by atoms with Crippen molar-refractivity contribution in [1.82, 2.24) is 0 Å². The number of rotatable bonds is 1. The third kappa shape index (κ3) is 1.68. The van der Waals surface area contributed by atoms with Gasteiger partial charge in [0.05, 0.1) is 9.95 Å². The number of aryl methyl sites for hydroxylation is 1. The molecule has 1 N–H and O–H groups in total. The van der Waals surface area contributed by atoms with Crippen molar-refractivity contribution in [2.45, 2.75) is 6.92 Å². The molecule has 0 radical (unpaired) electrons. The highest BCUT2D eigenvalue weighted by Crippen LogP contribution is 2.40. The highest BCUT2D eigenvalue weighted by atomic mass is 35.5. The summed E-state index contributed by atoms with van der Waals surface area (Å²) in [7, 11) is 0. The molecule has 1 aromatic rings. The van der Waals surface area contributed by atoms with Gasteiger partial charge in [-0.3, -0.25) is 10.1 Å². The average molecular weight is 222 g/mol. The van der Waals surface area contributed by atoms with Gasteiger partial charge in [-0.25, -0.2) is 0 Å². The number of nitrogens with zero attached hydrogens (tertiary/aromatic N) is 1. The molecular formula is C7H5Cl2NO3. The fraction of sp³-hybridized carbons (Fsp3) is 0.143. The van der Waals surface area contributed by atoms with E-state index in [4.69, 9.17) is 23.2 Å². The summed E-state index contributed by atoms with van der Waals surface area (Å²) in [4.78, 5) is 9.66. The number of halogens is 2. The fourth-order valence-electron chi connectivity index (χ4n) is 0.865. The molecule has 0 aromatic heterocycles. The van der Waals surface area contributed by atoms with E-state index in [1.54, 1.807) is 6.92 Å². The van der Waals surface area contributed by atoms with Gasteiger partial charge in [-0.15, -0.1) is 0 Å². The predicted octanol–water partition coefficient (Wildman–Crippen LogP) is 2.92. The van der Waals surface area contributed by atoms with Crippen molar-refractivity contribution < 1.29 is 10.0 Å². The molecule has 0 heterocycles. The molecule has 0 unspecified atom stereocenters. The first-order chi connectivity index (χ1) is 5.95. The number of aromatic hydroxyl groups is 1. The number of hydrogen-bond acceptors (Lipinski definition) is 3. The van der Waals surface area contributed by atoms with E-state index in [0.29, 0.717) is 5.56 Å². The smallest absolute Gasteiger partial charge is 0.312 e. The lowest BCUT2D eigenvalue weighted by Gasteiger charge is -2.03. The summed E-state index contributed by atoms with van der Waals surface area (Å²) in [5.41, 5.74) is 0.0167. The summed E-state index contributed by atoms with van der Waals surface area (Å²) in [5.74, 6) is -0.595. The Hall–Kier alpha value is -1.00. The van der Waals surface area contributed by atoms with E-state index in [2.05, 4.69) is 0 Å². The first-order valence-electron chi connectivity index (χ1n) is 3.27. The van der Waals surface area contributed by atoms with Crippen LogP contribution in [0.4, 0.5) is 5.69 Å². The molecule has 0 saturated carbocycles. The zero-order valence-electron chi connectivity index (χ0n) is 6.54. The Bertz CT molecular complexity index is 378. The van der Waals surface area contributed by atoms with Crippen LogP contribution >= 0.6 is 23.2 Å². The number of hydrogen-bond donors (Lipinski definition) is 1. The lowest BCUT2D eigenvalue weighted by Crippen LogP contribution is -1.91. The second kappa shape index (κ2) is 3.40. The monoisotopic (exact) mass is 221 g/mol. The van der Waals surface area contributed by atoms with E-state index in [1.165, 1.54) is 6.07 Å². The predicted molar refractivity (Wildman–Crippen MR) is 49.5 cm³/mol. The van der Waals surface area contributed by atoms with E-state index >= 15 is 0 Å². The average Bonchev–Trinajstić information content (AvgIpc) is 2.07. The zero-order valence-corrected chi connectivity index (χ0v) is 8.06. The Morgan fingerprint density at radius 3 is 2.46 bits per heavy atom. The van der Waals surface area contributed by atoms with Crippen LogP contribution in [0.15, 0.2) is 6.07 Å². The topological polar surface area (TPSA) is 63.4 Å². The lowest BCUT2D eigenvalue weighted by atomic mass is 10.2. The van der Waals surface area contributed by atoms with Crippen molar-refractivity contribution in [2.75, 3.05) is 0 Å². The molecule has 6 heteroatoms. The third-order valence-corrected chi connectivity index (χ3v) is 2.49. The molecule has 0 atom stereocenters. The summed E-state index contributed by atoms with van der Waals surface area (Å²) in [6.45, 7) is 1.57. The number of phenols is 1. The van der Waals surface area contributed by atoms with Gasteiger partial charge in [-0.05, 0) is 12.5 Å². The van der Waals surface area contributed by atoms with Crippen LogP contribution in [-0.2, 0) is 0 Å². The second-order valence-electron chi connectivity index (χ2n) is 2.45. The van der Waals surface area contributed by atoms with Crippen LogP contribution < -0.4 is 0 Å². The molecule has 0 aliphatic heterocycles. The minimum Gasteiger partial charge on any atom is -0.501 e. The number of benzene rings is 1. The van der Waals surface area contributed by atoms with Gasteiger partial charge in [-0.1, -0.05) is 23.2 Å². The Balaban J connectivity index is 3.50. The van der Waals surface area contributed by atoms with Gasteiger partial charge in [0.15, 0.2) is 0 Å². The van der Waals surface area contributed by atoms with Crippen LogP contribution in [0.25, 0.3) is 0 Å². The van der Waals surface area contributed by atoms with E-state index in [0.717, 1.165) is 0 Å². The van der Waals surface area contributed by atoms with Gasteiger partial charge < -0.3 is 5.11 Å². The number of phenolic OH excluding ortho intramolecular Hbond substituents is 1. The van der Waals surface area contributed by atoms with Crippen molar-refractivity contribution in [2.24, 2.45) is 0 Å². The first-order valence-corrected chi connectivity index (χ1v) is 4.02. The Kier molecular flexibility index (Phi) is 2.63. The molecule has 70 valence electrons. The quantitative estimate of drug-likeness (QED) is 0.586. The Morgan fingerprint density at radius 2 is 2.00 bits per heavy atom. The molecule has 0 saturated heterocycles. The first kappa shape index (κ1) is 10.1. The molecule has 0 spiro atoms. The minimum absolute atomic E-state index is 0.129. The SMILES string of the molecule is Cc1cc([N+](=O)[O-])c(O)c(Cl)c1Cl. The Labute approximate surface area is 83.9 Å². The van der Waals surface area contributed by atoms with E-state index in [-0.39, 0.29) is 10.0 Å². The molecule has 1 aromatic carbocycles. The summed E-state index contributed by atoms with van der Waals surface area (Å²) in [6.07, 6.45) is 0. The van der Waals surface area contributed by atoms with Crippen LogP contribution in [0, 0.1) is 17.0 Å². The highest BCUT2D eigenvalue weighted by molar-refractivity contribution is 6.43. The van der Waals surface area contributed by atoms with E-state index in [1.807, 2.05) is 0 Å². The van der Waals surface area contributed by atoms with Crippen molar-refractivity contribution in [1.29, 1.82) is 0 Å². The standard InChI is InChI=1S/C7H5Cl2NO3/c1-3-2-4(10(12)13)7(11)6(9)5(3)8/h2,11H,1H3. The molecule has 0 bridgehead atoms. The second-order valence-corrected chi connectivity index (χ2v) is 3.20. The maximum Gasteiger partial charge on any atom is 0.312 e. The zero-order chi connectivity index (χ0) is 10.2. The maximum absolute atomic E-state index is 10.4. The van der Waals surface area contributed by atoms with Gasteiger partial charge in [0.2, 0.25) is 5.75 Å². The molecule has 0 aliphatic rings. The van der Waals surface area contributed by atoms with E-state index in [9.17, 15) is 15.2 Å². The number of nitro groups is 1. The van der Waals surface area contributed by atoms with Crippen molar-refractivity contribution >= 4 is 28.9 Å². The molecule has 0 amide bonds. The molecule has 0 aliphatic carbocycles. The van der Waals surface area contributed by atoms with Crippen LogP contribution in [0.1, 0.15) is 5.56 Å². The molecule has 0 fully saturated rings. The van der Waals surface area contributed by atoms with E-state index < -0.39 is 16.4 Å². The summed E-state index contributed by atoms with van der Waals surface area (Å²) in [5, 5.41) is 19.5. The largest absolute Gasteiger partial charge is 0.501 e. The minimum atomic E-state index is -0.718. The van der Waals surface area contributed by atoms with Crippen LogP contribution in [0.3, 0.4) is 0 Å². The maximum atomic E-state index is 10.4. The van der Waals surface area contributed by atoms with Crippen molar-refractivity contribution in [3.8, 4) is 5.75 Å². The van der Waals surface area contributed by atoms with Crippen LogP contribution in [0.5, 0.6) is 5.75 Å². The van der Waals surface area contributed by atoms with Gasteiger partial charge in [-0.2, -0.15) is 0 Å². The fourth-order valence-corrected chi connectivity index (χ4v) is 1.26. The highest BCUT2D eigenvalue weighted by Gasteiger charge is 2.20. The summed E-state index contributed by atoms with van der Waals surface area (Å²) < 4.78 is 0. The molecule has 13 heavy (non-hydrogen) atoms. The summed E-state index contributed by atoms with van der Waals surface area (Å²) >= 11 is 11.2. The van der Waals surface area contributed by atoms with Gasteiger partial charge in [0, 0.05) is 6.07 Å². The third-order valence-electron chi connectivity index (χ3n) is 1.54. The Morgan fingerprint density at radius 1 is 1.46 bits per heavy atom. The van der Waals surface area contributed by atoms with Gasteiger partial charge in [0.1, 0.15) is 5.02 Å². The molecule has 1 rings (SSSR count). The summed E-state index contributed by atoms with van der Waals surface area (Å²) in [6, 6.07) is 1.17. The van der Waals surface area contributed by atoms with Crippen molar-refractivity contribution in [3.05, 3.63) is 31.8 Å². The van der Waals surface area contributed by atoms with Crippen LogP contribution in [-0.4, -0.2) is 10.0 Å². The molecular weight excluding hydrogens is 217 g/mol. The van der Waals surface area contributed by atoms with Gasteiger partial charge in [0.25, 0.3) is 0 Å². The van der Waals surface area contributed by atoms with Crippen molar-refractivity contribution in [3.63, 3.8) is 0 Å². The lowest BCUT2D eigenvalue weighted by molar-refractivity contribution is -0.385. The number of nitro benzene ring substituents is 1. The van der Waals surface area contributed by atoms with Crippen LogP contribution in [0.2, 0.25) is 10.0 Å². The molecule has 4 nitrogen and oxygen atoms in total. The van der Waals surface area contributed by atoms with Gasteiger partial charge >= 0.3 is 5.69 Å².